The zero-order chi connectivity index (χ0) is 13.4. The molecule has 0 aliphatic rings. The predicted molar refractivity (Wildman–Crippen MR) is 75.6 cm³/mol. The van der Waals surface area contributed by atoms with Crippen LogP contribution in [0.15, 0.2) is 42.5 Å². The van der Waals surface area contributed by atoms with Crippen LogP contribution in [0, 0.1) is 29.6 Å². The van der Waals surface area contributed by atoms with E-state index >= 15 is 0 Å². The van der Waals surface area contributed by atoms with Crippen LogP contribution in [0.1, 0.15) is 16.7 Å². The minimum absolute atomic E-state index is 0.647. The van der Waals surface area contributed by atoms with Gasteiger partial charge in [0.2, 0.25) is 0 Å². The summed E-state index contributed by atoms with van der Waals surface area (Å²) in [5, 5.41) is 22.4. The van der Waals surface area contributed by atoms with Crippen molar-refractivity contribution in [1.82, 2.24) is 0 Å². The van der Waals surface area contributed by atoms with Crippen LogP contribution < -0.4 is 0 Å². The fraction of sp³-hybridized carbons (Fsp3) is 0.0588. The molecular formula is C17H10N2. The number of fused-ring (bicyclic) bond motifs is 2. The van der Waals surface area contributed by atoms with Crippen molar-refractivity contribution in [2.24, 2.45) is 0 Å². The lowest BCUT2D eigenvalue weighted by atomic mass is 9.90. The Bertz CT molecular complexity index is 893. The quantitative estimate of drug-likeness (QED) is 0.558. The lowest BCUT2D eigenvalue weighted by Gasteiger charge is -2.10. The molecule has 0 unspecified atom stereocenters. The Hall–Kier alpha value is -2.84. The van der Waals surface area contributed by atoms with Crippen molar-refractivity contribution < 1.29 is 0 Å². The van der Waals surface area contributed by atoms with Crippen molar-refractivity contribution in [3.63, 3.8) is 0 Å². The zero-order valence-electron chi connectivity index (χ0n) is 10.4. The number of hydrogen-bond acceptors (Lipinski definition) is 2. The monoisotopic (exact) mass is 242 g/mol. The highest BCUT2D eigenvalue weighted by Gasteiger charge is 2.14. The SMILES string of the molecule is Cc1cccc2c(C#N)c3ccccc3c(C#N)c12. The second kappa shape index (κ2) is 4.12. The molecule has 0 N–H and O–H groups in total. The molecule has 0 saturated carbocycles. The summed E-state index contributed by atoms with van der Waals surface area (Å²) in [6.07, 6.45) is 0. The molecule has 0 amide bonds. The van der Waals surface area contributed by atoms with E-state index in [4.69, 9.17) is 0 Å². The minimum atomic E-state index is 0.647. The average molecular weight is 242 g/mol. The maximum Gasteiger partial charge on any atom is 0.100 e. The van der Waals surface area contributed by atoms with E-state index in [1.54, 1.807) is 0 Å². The first-order valence-corrected chi connectivity index (χ1v) is 6.02. The van der Waals surface area contributed by atoms with E-state index in [-0.39, 0.29) is 0 Å². The molecule has 0 spiro atoms. The van der Waals surface area contributed by atoms with Gasteiger partial charge >= 0.3 is 0 Å². The van der Waals surface area contributed by atoms with Crippen LogP contribution in [0.2, 0.25) is 0 Å². The second-order valence-corrected chi connectivity index (χ2v) is 4.52. The first-order chi connectivity index (χ1) is 9.27. The largest absolute Gasteiger partial charge is 0.192 e. The van der Waals surface area contributed by atoms with E-state index in [1.807, 2.05) is 49.4 Å². The Morgan fingerprint density at radius 3 is 1.95 bits per heavy atom. The van der Waals surface area contributed by atoms with E-state index in [0.717, 1.165) is 27.1 Å². The molecule has 3 rings (SSSR count). The lowest BCUT2D eigenvalue weighted by molar-refractivity contribution is 1.48. The first kappa shape index (κ1) is 11.3. The van der Waals surface area contributed by atoms with Crippen molar-refractivity contribution in [1.29, 1.82) is 10.5 Å². The van der Waals surface area contributed by atoms with Crippen LogP contribution in [-0.2, 0) is 0 Å². The van der Waals surface area contributed by atoms with E-state index in [9.17, 15) is 10.5 Å². The topological polar surface area (TPSA) is 47.6 Å². The van der Waals surface area contributed by atoms with Crippen molar-refractivity contribution in [3.8, 4) is 12.1 Å². The first-order valence-electron chi connectivity index (χ1n) is 6.02. The highest BCUT2D eigenvalue weighted by molar-refractivity contribution is 6.10. The number of rotatable bonds is 0. The number of benzene rings is 3. The summed E-state index contributed by atoms with van der Waals surface area (Å²) in [4.78, 5) is 0. The van der Waals surface area contributed by atoms with E-state index in [0.29, 0.717) is 11.1 Å². The predicted octanol–water partition coefficient (Wildman–Crippen LogP) is 4.04. The molecule has 19 heavy (non-hydrogen) atoms. The zero-order valence-corrected chi connectivity index (χ0v) is 10.4. The minimum Gasteiger partial charge on any atom is -0.192 e. The van der Waals surface area contributed by atoms with Gasteiger partial charge in [-0.3, -0.25) is 0 Å². The summed E-state index contributed by atoms with van der Waals surface area (Å²) in [6, 6.07) is 18.0. The molecule has 0 aromatic heterocycles. The molecule has 2 nitrogen and oxygen atoms in total. The van der Waals surface area contributed by atoms with Crippen LogP contribution in [0.4, 0.5) is 0 Å². The third-order valence-corrected chi connectivity index (χ3v) is 3.48. The van der Waals surface area contributed by atoms with E-state index < -0.39 is 0 Å². The van der Waals surface area contributed by atoms with Crippen molar-refractivity contribution in [2.75, 3.05) is 0 Å². The van der Waals surface area contributed by atoms with Gasteiger partial charge in [0, 0.05) is 21.5 Å². The summed E-state index contributed by atoms with van der Waals surface area (Å²) in [7, 11) is 0. The molecule has 0 atom stereocenters. The summed E-state index contributed by atoms with van der Waals surface area (Å²) < 4.78 is 0. The smallest absolute Gasteiger partial charge is 0.100 e. The van der Waals surface area contributed by atoms with Crippen LogP contribution in [-0.4, -0.2) is 0 Å². The summed E-state index contributed by atoms with van der Waals surface area (Å²) in [5.74, 6) is 0. The van der Waals surface area contributed by atoms with Gasteiger partial charge in [0.15, 0.2) is 0 Å². The van der Waals surface area contributed by atoms with Crippen molar-refractivity contribution in [3.05, 3.63) is 59.2 Å². The fourth-order valence-electron chi connectivity index (χ4n) is 2.64. The molecule has 0 saturated heterocycles. The van der Waals surface area contributed by atoms with Crippen LogP contribution in [0.3, 0.4) is 0 Å². The Morgan fingerprint density at radius 2 is 1.32 bits per heavy atom. The van der Waals surface area contributed by atoms with Crippen molar-refractivity contribution in [2.45, 2.75) is 6.92 Å². The van der Waals surface area contributed by atoms with E-state index in [2.05, 4.69) is 12.1 Å². The molecule has 2 heteroatoms. The third-order valence-electron chi connectivity index (χ3n) is 3.48. The fourth-order valence-corrected chi connectivity index (χ4v) is 2.64. The molecule has 0 fully saturated rings. The molecule has 0 radical (unpaired) electrons. The molecule has 0 aliphatic heterocycles. The Kier molecular flexibility index (Phi) is 2.44. The van der Waals surface area contributed by atoms with Gasteiger partial charge in [-0.2, -0.15) is 10.5 Å². The highest BCUT2D eigenvalue weighted by atomic mass is 14.3. The molecular weight excluding hydrogens is 232 g/mol. The Morgan fingerprint density at radius 1 is 0.737 bits per heavy atom. The Balaban J connectivity index is 2.76. The normalized spacial score (nSPS) is 10.3. The highest BCUT2D eigenvalue weighted by Crippen LogP contribution is 2.33. The van der Waals surface area contributed by atoms with Gasteiger partial charge in [-0.1, -0.05) is 42.5 Å². The van der Waals surface area contributed by atoms with Gasteiger partial charge in [0.05, 0.1) is 11.1 Å². The standard InChI is InChI=1S/C17H10N2/c1-11-5-4-8-14-15(9-18)12-6-2-3-7-13(12)16(10-19)17(11)14/h2-8H,1H3. The molecule has 0 bridgehead atoms. The number of nitriles is 2. The van der Waals surface area contributed by atoms with Gasteiger partial charge in [0.1, 0.15) is 12.1 Å². The number of nitrogens with zero attached hydrogens (tertiary/aromatic N) is 2. The number of aryl methyl sites for hydroxylation is 1. The van der Waals surface area contributed by atoms with Crippen LogP contribution in [0.5, 0.6) is 0 Å². The van der Waals surface area contributed by atoms with Crippen LogP contribution >= 0.6 is 0 Å². The molecule has 88 valence electrons. The third kappa shape index (κ3) is 1.48. The van der Waals surface area contributed by atoms with Crippen molar-refractivity contribution >= 4 is 21.5 Å². The van der Waals surface area contributed by atoms with E-state index in [1.165, 1.54) is 0 Å². The molecule has 3 aromatic carbocycles. The average Bonchev–Trinajstić information content (AvgIpc) is 2.45. The second-order valence-electron chi connectivity index (χ2n) is 4.52. The maximum atomic E-state index is 9.49. The van der Waals surface area contributed by atoms with Crippen LogP contribution in [0.25, 0.3) is 21.5 Å². The lowest BCUT2D eigenvalue weighted by Crippen LogP contribution is -1.91. The number of hydrogen-bond donors (Lipinski definition) is 0. The van der Waals surface area contributed by atoms with Gasteiger partial charge in [-0.25, -0.2) is 0 Å². The van der Waals surface area contributed by atoms with Gasteiger partial charge in [0.25, 0.3) is 0 Å². The Labute approximate surface area is 111 Å². The van der Waals surface area contributed by atoms with Gasteiger partial charge < -0.3 is 0 Å². The molecule has 3 aromatic rings. The summed E-state index contributed by atoms with van der Waals surface area (Å²) in [6.45, 7) is 1.97. The summed E-state index contributed by atoms with van der Waals surface area (Å²) in [5.41, 5.74) is 2.33. The molecule has 0 aliphatic carbocycles. The maximum absolute atomic E-state index is 9.49. The molecule has 0 heterocycles. The van der Waals surface area contributed by atoms with Gasteiger partial charge in [-0.15, -0.1) is 0 Å². The van der Waals surface area contributed by atoms with Gasteiger partial charge in [-0.05, 0) is 12.5 Å². The summed E-state index contributed by atoms with van der Waals surface area (Å²) >= 11 is 0.